The smallest absolute Gasteiger partial charge is 0.206 e. The van der Waals surface area contributed by atoms with Gasteiger partial charge in [-0.2, -0.15) is 0 Å². The van der Waals surface area contributed by atoms with Crippen molar-refractivity contribution in [1.82, 2.24) is 10.2 Å². The normalized spacial score (nSPS) is 16.3. The zero-order chi connectivity index (χ0) is 13.2. The second kappa shape index (κ2) is 5.59. The van der Waals surface area contributed by atoms with Gasteiger partial charge in [-0.3, -0.25) is 0 Å². The number of nitrogens with zero attached hydrogens (tertiary/aromatic N) is 2. The molecule has 1 unspecified atom stereocenters. The Kier molecular flexibility index (Phi) is 3.84. The number of halogens is 1. The standard InChI is InChI=1S/C14H16BrN3S/c1-2-12(9-5-7-11(15)8-6-9)16-14-18-17-13(19-14)10-3-4-10/h5-8,10,12H,2-4H2,1H3,(H,16,18). The Balaban J connectivity index is 1.72. The number of hydrogen-bond donors (Lipinski definition) is 1. The average Bonchev–Trinajstić information content (AvgIpc) is 3.17. The van der Waals surface area contributed by atoms with Crippen LogP contribution in [0.1, 0.15) is 48.7 Å². The maximum Gasteiger partial charge on any atom is 0.206 e. The van der Waals surface area contributed by atoms with Gasteiger partial charge in [-0.1, -0.05) is 46.3 Å². The summed E-state index contributed by atoms with van der Waals surface area (Å²) >= 11 is 5.17. The molecule has 1 N–H and O–H groups in total. The Morgan fingerprint density at radius 1 is 1.32 bits per heavy atom. The minimum Gasteiger partial charge on any atom is -0.353 e. The SMILES string of the molecule is CCC(Nc1nnc(C2CC2)s1)c1ccc(Br)cc1. The molecule has 2 aromatic rings. The molecule has 0 radical (unpaired) electrons. The fourth-order valence-electron chi connectivity index (χ4n) is 2.05. The lowest BCUT2D eigenvalue weighted by molar-refractivity contribution is 0.745. The largest absolute Gasteiger partial charge is 0.353 e. The third kappa shape index (κ3) is 3.15. The van der Waals surface area contributed by atoms with E-state index >= 15 is 0 Å². The molecule has 3 rings (SSSR count). The quantitative estimate of drug-likeness (QED) is 0.856. The van der Waals surface area contributed by atoms with E-state index in [4.69, 9.17) is 0 Å². The van der Waals surface area contributed by atoms with Crippen LogP contribution in [0.3, 0.4) is 0 Å². The van der Waals surface area contributed by atoms with Gasteiger partial charge in [0.2, 0.25) is 5.13 Å². The van der Waals surface area contributed by atoms with E-state index in [0.717, 1.165) is 16.0 Å². The van der Waals surface area contributed by atoms with Crippen molar-refractivity contribution in [2.45, 2.75) is 38.1 Å². The van der Waals surface area contributed by atoms with Crippen LogP contribution in [0, 0.1) is 0 Å². The molecule has 0 saturated heterocycles. The Hall–Kier alpha value is -0.940. The van der Waals surface area contributed by atoms with Crippen LogP contribution in [0.25, 0.3) is 0 Å². The van der Waals surface area contributed by atoms with Crippen LogP contribution in [0.5, 0.6) is 0 Å². The molecule has 1 aliphatic rings. The van der Waals surface area contributed by atoms with E-state index in [1.807, 2.05) is 0 Å². The first kappa shape index (κ1) is 13.1. The van der Waals surface area contributed by atoms with Gasteiger partial charge < -0.3 is 5.32 Å². The van der Waals surface area contributed by atoms with Crippen molar-refractivity contribution in [2.24, 2.45) is 0 Å². The third-order valence-electron chi connectivity index (χ3n) is 3.35. The van der Waals surface area contributed by atoms with Crippen LogP contribution in [0.4, 0.5) is 5.13 Å². The predicted molar refractivity (Wildman–Crippen MR) is 82.7 cm³/mol. The summed E-state index contributed by atoms with van der Waals surface area (Å²) in [4.78, 5) is 0. The summed E-state index contributed by atoms with van der Waals surface area (Å²) in [5.74, 6) is 0.681. The van der Waals surface area contributed by atoms with Crippen molar-refractivity contribution in [3.05, 3.63) is 39.3 Å². The molecule has 0 amide bonds. The van der Waals surface area contributed by atoms with E-state index in [9.17, 15) is 0 Å². The summed E-state index contributed by atoms with van der Waals surface area (Å²) < 4.78 is 1.11. The van der Waals surface area contributed by atoms with E-state index in [1.165, 1.54) is 23.4 Å². The molecule has 1 heterocycles. The second-order valence-electron chi connectivity index (χ2n) is 4.88. The van der Waals surface area contributed by atoms with Crippen molar-refractivity contribution in [1.29, 1.82) is 0 Å². The van der Waals surface area contributed by atoms with Crippen LogP contribution >= 0.6 is 27.3 Å². The van der Waals surface area contributed by atoms with Gasteiger partial charge in [0, 0.05) is 10.4 Å². The third-order valence-corrected chi connectivity index (χ3v) is 4.89. The molecule has 1 aliphatic carbocycles. The van der Waals surface area contributed by atoms with E-state index in [0.29, 0.717) is 12.0 Å². The predicted octanol–water partition coefficient (Wildman–Crippen LogP) is 4.74. The van der Waals surface area contributed by atoms with E-state index in [2.05, 4.69) is 62.6 Å². The lowest BCUT2D eigenvalue weighted by atomic mass is 10.1. The summed E-state index contributed by atoms with van der Waals surface area (Å²) in [6, 6.07) is 8.75. The molecule has 1 saturated carbocycles. The van der Waals surface area contributed by atoms with Gasteiger partial charge in [-0.05, 0) is 37.0 Å². The first-order chi connectivity index (χ1) is 9.26. The van der Waals surface area contributed by atoms with Gasteiger partial charge in [0.05, 0.1) is 6.04 Å². The zero-order valence-electron chi connectivity index (χ0n) is 10.8. The van der Waals surface area contributed by atoms with Crippen molar-refractivity contribution in [2.75, 3.05) is 5.32 Å². The molecule has 5 heteroatoms. The Morgan fingerprint density at radius 3 is 2.68 bits per heavy atom. The first-order valence-electron chi connectivity index (χ1n) is 6.61. The molecular formula is C14H16BrN3S. The molecule has 1 fully saturated rings. The minimum atomic E-state index is 0.299. The number of nitrogens with one attached hydrogen (secondary N) is 1. The van der Waals surface area contributed by atoms with Gasteiger partial charge in [-0.25, -0.2) is 0 Å². The Bertz CT molecular complexity index is 548. The maximum atomic E-state index is 4.27. The molecule has 3 nitrogen and oxygen atoms in total. The summed E-state index contributed by atoms with van der Waals surface area (Å²) in [6.45, 7) is 2.18. The lowest BCUT2D eigenvalue weighted by Gasteiger charge is -2.16. The van der Waals surface area contributed by atoms with Crippen LogP contribution in [-0.4, -0.2) is 10.2 Å². The summed E-state index contributed by atoms with van der Waals surface area (Å²) in [5.41, 5.74) is 1.29. The molecule has 19 heavy (non-hydrogen) atoms. The van der Waals surface area contributed by atoms with Gasteiger partial charge in [0.25, 0.3) is 0 Å². The summed E-state index contributed by atoms with van der Waals surface area (Å²) in [7, 11) is 0. The van der Waals surface area contributed by atoms with Gasteiger partial charge >= 0.3 is 0 Å². The van der Waals surface area contributed by atoms with Crippen LogP contribution in [0.2, 0.25) is 0 Å². The summed E-state index contributed by atoms with van der Waals surface area (Å²) in [6.07, 6.45) is 3.58. The van der Waals surface area contributed by atoms with E-state index < -0.39 is 0 Å². The monoisotopic (exact) mass is 337 g/mol. The van der Waals surface area contributed by atoms with Crippen molar-refractivity contribution >= 4 is 32.4 Å². The number of aromatic nitrogens is 2. The highest BCUT2D eigenvalue weighted by atomic mass is 79.9. The van der Waals surface area contributed by atoms with Crippen LogP contribution < -0.4 is 5.32 Å². The fraction of sp³-hybridized carbons (Fsp3) is 0.429. The molecule has 1 aromatic heterocycles. The topological polar surface area (TPSA) is 37.8 Å². The number of benzene rings is 1. The second-order valence-corrected chi connectivity index (χ2v) is 6.80. The van der Waals surface area contributed by atoms with Crippen LogP contribution in [0.15, 0.2) is 28.7 Å². The number of hydrogen-bond acceptors (Lipinski definition) is 4. The van der Waals surface area contributed by atoms with Crippen LogP contribution in [-0.2, 0) is 0 Å². The molecule has 0 spiro atoms. The van der Waals surface area contributed by atoms with Crippen molar-refractivity contribution in [3.63, 3.8) is 0 Å². The Labute approximate surface area is 125 Å². The number of anilines is 1. The molecule has 0 bridgehead atoms. The highest BCUT2D eigenvalue weighted by Crippen LogP contribution is 2.42. The number of rotatable bonds is 5. The zero-order valence-corrected chi connectivity index (χ0v) is 13.2. The van der Waals surface area contributed by atoms with Gasteiger partial charge in [0.15, 0.2) is 0 Å². The van der Waals surface area contributed by atoms with Crippen molar-refractivity contribution in [3.8, 4) is 0 Å². The van der Waals surface area contributed by atoms with E-state index in [1.54, 1.807) is 11.3 Å². The Morgan fingerprint density at radius 2 is 2.05 bits per heavy atom. The van der Waals surface area contributed by atoms with Crippen molar-refractivity contribution < 1.29 is 0 Å². The minimum absolute atomic E-state index is 0.299. The summed E-state index contributed by atoms with van der Waals surface area (Å²) in [5, 5.41) is 14.2. The highest BCUT2D eigenvalue weighted by Gasteiger charge is 2.27. The molecule has 100 valence electrons. The molecular weight excluding hydrogens is 322 g/mol. The maximum absolute atomic E-state index is 4.27. The first-order valence-corrected chi connectivity index (χ1v) is 8.22. The fourth-order valence-corrected chi connectivity index (χ4v) is 3.28. The van der Waals surface area contributed by atoms with Gasteiger partial charge in [0.1, 0.15) is 5.01 Å². The van der Waals surface area contributed by atoms with Gasteiger partial charge in [-0.15, -0.1) is 10.2 Å². The van der Waals surface area contributed by atoms with E-state index in [-0.39, 0.29) is 0 Å². The average molecular weight is 338 g/mol. The lowest BCUT2D eigenvalue weighted by Crippen LogP contribution is -2.09. The molecule has 1 aromatic carbocycles. The highest BCUT2D eigenvalue weighted by molar-refractivity contribution is 9.10. The molecule has 1 atom stereocenters. The molecule has 0 aliphatic heterocycles.